The first-order valence-electron chi connectivity index (χ1n) is 6.46. The van der Waals surface area contributed by atoms with Crippen LogP contribution < -0.4 is 10.6 Å². The van der Waals surface area contributed by atoms with Gasteiger partial charge in [-0.1, -0.05) is 30.5 Å². The Labute approximate surface area is 114 Å². The Morgan fingerprint density at radius 1 is 1.39 bits per heavy atom. The summed E-state index contributed by atoms with van der Waals surface area (Å²) in [4.78, 5) is 2.07. The van der Waals surface area contributed by atoms with Crippen LogP contribution in [-0.2, 0) is 6.54 Å². The van der Waals surface area contributed by atoms with Crippen LogP contribution in [0.2, 0.25) is 5.02 Å². The fourth-order valence-corrected chi connectivity index (χ4v) is 2.95. The van der Waals surface area contributed by atoms with Crippen LogP contribution in [0.1, 0.15) is 31.2 Å². The summed E-state index contributed by atoms with van der Waals surface area (Å²) in [7, 11) is 1.99. The van der Waals surface area contributed by atoms with Gasteiger partial charge in [0.05, 0.1) is 5.60 Å². The Morgan fingerprint density at radius 3 is 2.67 bits per heavy atom. The van der Waals surface area contributed by atoms with E-state index in [9.17, 15) is 5.11 Å². The maximum absolute atomic E-state index is 10.4. The number of nitrogens with two attached hydrogens (primary N) is 1. The van der Waals surface area contributed by atoms with E-state index in [0.29, 0.717) is 18.1 Å². The molecule has 1 aromatic carbocycles. The predicted octanol–water partition coefficient (Wildman–Crippen LogP) is 2.54. The zero-order valence-electron chi connectivity index (χ0n) is 10.8. The van der Waals surface area contributed by atoms with Crippen LogP contribution in [0.3, 0.4) is 0 Å². The molecule has 0 atom stereocenters. The average molecular weight is 269 g/mol. The molecule has 1 fully saturated rings. The van der Waals surface area contributed by atoms with Gasteiger partial charge in [-0.3, -0.25) is 0 Å². The lowest BCUT2D eigenvalue weighted by molar-refractivity contribution is 0.0559. The number of hydrogen-bond acceptors (Lipinski definition) is 3. The fourth-order valence-electron chi connectivity index (χ4n) is 2.78. The highest BCUT2D eigenvalue weighted by molar-refractivity contribution is 6.30. The number of nitrogens with zero attached hydrogens (tertiary/aromatic N) is 1. The van der Waals surface area contributed by atoms with E-state index in [2.05, 4.69) is 4.90 Å². The van der Waals surface area contributed by atoms with E-state index in [0.717, 1.165) is 36.9 Å². The molecule has 2 rings (SSSR count). The molecule has 0 aromatic heterocycles. The molecule has 1 aliphatic carbocycles. The van der Waals surface area contributed by atoms with Crippen LogP contribution >= 0.6 is 11.6 Å². The normalized spacial score (nSPS) is 18.0. The second-order valence-corrected chi connectivity index (χ2v) is 5.70. The van der Waals surface area contributed by atoms with Crippen molar-refractivity contribution in [2.45, 2.75) is 37.8 Å². The molecule has 0 unspecified atom stereocenters. The van der Waals surface area contributed by atoms with E-state index in [1.807, 2.05) is 25.2 Å². The van der Waals surface area contributed by atoms with E-state index in [1.54, 1.807) is 0 Å². The molecule has 0 aliphatic heterocycles. The maximum atomic E-state index is 10.4. The van der Waals surface area contributed by atoms with Gasteiger partial charge in [-0.15, -0.1) is 0 Å². The van der Waals surface area contributed by atoms with Gasteiger partial charge < -0.3 is 15.7 Å². The molecule has 0 saturated heterocycles. The lowest BCUT2D eigenvalue weighted by Gasteiger charge is -2.31. The molecule has 1 aromatic rings. The third kappa shape index (κ3) is 2.97. The first-order chi connectivity index (χ1) is 8.54. The van der Waals surface area contributed by atoms with Crippen molar-refractivity contribution in [3.8, 4) is 0 Å². The molecule has 3 nitrogen and oxygen atoms in total. The van der Waals surface area contributed by atoms with Crippen LogP contribution in [0.5, 0.6) is 0 Å². The Bertz CT molecular complexity index is 416. The molecule has 0 spiro atoms. The minimum atomic E-state index is -0.553. The predicted molar refractivity (Wildman–Crippen MR) is 76.0 cm³/mol. The number of aliphatic hydroxyl groups is 1. The van der Waals surface area contributed by atoms with Crippen molar-refractivity contribution in [2.75, 3.05) is 18.5 Å². The molecule has 0 bridgehead atoms. The lowest BCUT2D eigenvalue weighted by atomic mass is 10.0. The van der Waals surface area contributed by atoms with Gasteiger partial charge in [0.2, 0.25) is 0 Å². The van der Waals surface area contributed by atoms with Gasteiger partial charge in [0.1, 0.15) is 0 Å². The van der Waals surface area contributed by atoms with Gasteiger partial charge >= 0.3 is 0 Å². The number of likely N-dealkylation sites (N-methyl/N-ethyl adjacent to an activating group) is 1. The van der Waals surface area contributed by atoms with Gasteiger partial charge in [0, 0.05) is 30.8 Å². The minimum Gasteiger partial charge on any atom is -0.388 e. The van der Waals surface area contributed by atoms with Gasteiger partial charge in [-0.2, -0.15) is 0 Å². The summed E-state index contributed by atoms with van der Waals surface area (Å²) in [5.41, 5.74) is 7.27. The highest BCUT2D eigenvalue weighted by Crippen LogP contribution is 2.32. The van der Waals surface area contributed by atoms with Gasteiger partial charge in [0.15, 0.2) is 0 Å². The third-order valence-electron chi connectivity index (χ3n) is 3.74. The Balaban J connectivity index is 2.17. The first kappa shape index (κ1) is 13.7. The van der Waals surface area contributed by atoms with Gasteiger partial charge in [-0.05, 0) is 30.5 Å². The van der Waals surface area contributed by atoms with E-state index in [1.165, 1.54) is 0 Å². The SMILES string of the molecule is CN(CC1(O)CCCC1)c1cc(Cl)ccc1CN. The van der Waals surface area contributed by atoms with Crippen molar-refractivity contribution in [1.29, 1.82) is 0 Å². The monoisotopic (exact) mass is 268 g/mol. The third-order valence-corrected chi connectivity index (χ3v) is 3.98. The Morgan fingerprint density at radius 2 is 2.06 bits per heavy atom. The molecule has 18 heavy (non-hydrogen) atoms. The summed E-state index contributed by atoms with van der Waals surface area (Å²) in [5.74, 6) is 0. The van der Waals surface area contributed by atoms with Crippen molar-refractivity contribution in [1.82, 2.24) is 0 Å². The van der Waals surface area contributed by atoms with Crippen LogP contribution in [0.25, 0.3) is 0 Å². The van der Waals surface area contributed by atoms with Crippen molar-refractivity contribution >= 4 is 17.3 Å². The molecule has 0 radical (unpaired) electrons. The molecule has 0 heterocycles. The summed E-state index contributed by atoms with van der Waals surface area (Å²) in [6.45, 7) is 1.12. The number of benzene rings is 1. The summed E-state index contributed by atoms with van der Waals surface area (Å²) in [6.07, 6.45) is 4.00. The maximum Gasteiger partial charge on any atom is 0.0821 e. The Hall–Kier alpha value is -0.770. The summed E-state index contributed by atoms with van der Waals surface area (Å²) >= 11 is 6.04. The van der Waals surface area contributed by atoms with E-state index in [-0.39, 0.29) is 0 Å². The zero-order valence-corrected chi connectivity index (χ0v) is 11.6. The van der Waals surface area contributed by atoms with E-state index in [4.69, 9.17) is 17.3 Å². The lowest BCUT2D eigenvalue weighted by Crippen LogP contribution is -2.39. The van der Waals surface area contributed by atoms with Gasteiger partial charge in [0.25, 0.3) is 0 Å². The molecule has 1 aliphatic rings. The average Bonchev–Trinajstić information content (AvgIpc) is 2.75. The van der Waals surface area contributed by atoms with Crippen LogP contribution in [-0.4, -0.2) is 24.3 Å². The van der Waals surface area contributed by atoms with Crippen molar-refractivity contribution in [3.05, 3.63) is 28.8 Å². The molecule has 100 valence electrons. The van der Waals surface area contributed by atoms with Crippen LogP contribution in [0, 0.1) is 0 Å². The molecular formula is C14H21ClN2O. The molecular weight excluding hydrogens is 248 g/mol. The van der Waals surface area contributed by atoms with Crippen LogP contribution in [0.4, 0.5) is 5.69 Å². The highest BCUT2D eigenvalue weighted by atomic mass is 35.5. The second-order valence-electron chi connectivity index (χ2n) is 5.26. The van der Waals surface area contributed by atoms with Crippen molar-refractivity contribution in [3.63, 3.8) is 0 Å². The number of halogens is 1. The smallest absolute Gasteiger partial charge is 0.0821 e. The molecule has 1 saturated carbocycles. The summed E-state index contributed by atoms with van der Waals surface area (Å²) in [6, 6.07) is 5.72. The quantitative estimate of drug-likeness (QED) is 0.882. The standard InChI is InChI=1S/C14H21ClN2O/c1-17(10-14(18)6-2-3-7-14)13-8-12(15)5-4-11(13)9-16/h4-5,8,18H,2-3,6-7,9-10,16H2,1H3. The van der Waals surface area contributed by atoms with E-state index >= 15 is 0 Å². The number of anilines is 1. The summed E-state index contributed by atoms with van der Waals surface area (Å²) < 4.78 is 0. The fraction of sp³-hybridized carbons (Fsp3) is 0.571. The molecule has 4 heteroatoms. The van der Waals surface area contributed by atoms with Crippen LogP contribution in [0.15, 0.2) is 18.2 Å². The first-order valence-corrected chi connectivity index (χ1v) is 6.84. The summed E-state index contributed by atoms with van der Waals surface area (Å²) in [5, 5.41) is 11.2. The topological polar surface area (TPSA) is 49.5 Å². The zero-order chi connectivity index (χ0) is 13.2. The number of hydrogen-bond donors (Lipinski definition) is 2. The van der Waals surface area contributed by atoms with Crippen molar-refractivity contribution < 1.29 is 5.11 Å². The van der Waals surface area contributed by atoms with Gasteiger partial charge in [-0.25, -0.2) is 0 Å². The second kappa shape index (κ2) is 5.47. The van der Waals surface area contributed by atoms with Crippen molar-refractivity contribution in [2.24, 2.45) is 5.73 Å². The highest BCUT2D eigenvalue weighted by Gasteiger charge is 2.32. The number of rotatable bonds is 4. The molecule has 0 amide bonds. The minimum absolute atomic E-state index is 0.481. The largest absolute Gasteiger partial charge is 0.388 e. The molecule has 3 N–H and O–H groups in total. The Kier molecular flexibility index (Phi) is 4.15. The van der Waals surface area contributed by atoms with E-state index < -0.39 is 5.60 Å².